The molecular weight excluding hydrogens is 314 g/mol. The van der Waals surface area contributed by atoms with E-state index in [1.54, 1.807) is 12.1 Å². The Balaban J connectivity index is 1.69. The molecule has 0 radical (unpaired) electrons. The molecule has 116 valence electrons. The molecule has 0 bridgehead atoms. The monoisotopic (exact) mass is 327 g/mol. The third-order valence-electron chi connectivity index (χ3n) is 3.24. The molecule has 2 aromatic carbocycles. The first-order valence-corrected chi connectivity index (χ1v) is 7.40. The van der Waals surface area contributed by atoms with E-state index in [0.717, 1.165) is 16.5 Å². The number of rotatable bonds is 4. The highest BCUT2D eigenvalue weighted by Gasteiger charge is 2.09. The van der Waals surface area contributed by atoms with E-state index in [1.807, 2.05) is 37.3 Å². The molecule has 1 amide bonds. The van der Waals surface area contributed by atoms with Gasteiger partial charge in [0.2, 0.25) is 5.88 Å². The van der Waals surface area contributed by atoms with Crippen LogP contribution < -0.4 is 10.1 Å². The van der Waals surface area contributed by atoms with Gasteiger partial charge in [0.25, 0.3) is 5.91 Å². The van der Waals surface area contributed by atoms with Gasteiger partial charge < -0.3 is 10.1 Å². The SMILES string of the molecule is Cc1ccc(NC(=O)COc2ncnc3ccccc23)c(Cl)c1. The third kappa shape index (κ3) is 3.57. The molecule has 1 aromatic heterocycles. The predicted molar refractivity (Wildman–Crippen MR) is 89.9 cm³/mol. The lowest BCUT2D eigenvalue weighted by Crippen LogP contribution is -2.20. The van der Waals surface area contributed by atoms with Gasteiger partial charge in [-0.3, -0.25) is 4.79 Å². The van der Waals surface area contributed by atoms with Gasteiger partial charge in [-0.05, 0) is 36.8 Å². The smallest absolute Gasteiger partial charge is 0.262 e. The van der Waals surface area contributed by atoms with Crippen LogP contribution in [0.25, 0.3) is 10.9 Å². The number of para-hydroxylation sites is 1. The summed E-state index contributed by atoms with van der Waals surface area (Å²) < 4.78 is 5.51. The van der Waals surface area contributed by atoms with Crippen LogP contribution in [0.15, 0.2) is 48.8 Å². The van der Waals surface area contributed by atoms with Crippen molar-refractivity contribution in [3.8, 4) is 5.88 Å². The largest absolute Gasteiger partial charge is 0.467 e. The molecule has 23 heavy (non-hydrogen) atoms. The molecule has 0 saturated carbocycles. The molecule has 0 saturated heterocycles. The van der Waals surface area contributed by atoms with Crippen molar-refractivity contribution >= 4 is 34.1 Å². The van der Waals surface area contributed by atoms with E-state index in [2.05, 4.69) is 15.3 Å². The lowest BCUT2D eigenvalue weighted by Gasteiger charge is -2.10. The number of nitrogens with one attached hydrogen (secondary N) is 1. The van der Waals surface area contributed by atoms with Gasteiger partial charge in [-0.2, -0.15) is 0 Å². The minimum Gasteiger partial charge on any atom is -0.467 e. The number of anilines is 1. The Morgan fingerprint density at radius 2 is 2.04 bits per heavy atom. The van der Waals surface area contributed by atoms with Crippen LogP contribution in [0.4, 0.5) is 5.69 Å². The van der Waals surface area contributed by atoms with Crippen molar-refractivity contribution in [1.82, 2.24) is 9.97 Å². The fourth-order valence-electron chi connectivity index (χ4n) is 2.14. The molecule has 0 unspecified atom stereocenters. The van der Waals surface area contributed by atoms with Gasteiger partial charge in [0, 0.05) is 0 Å². The molecule has 0 aliphatic carbocycles. The highest BCUT2D eigenvalue weighted by molar-refractivity contribution is 6.33. The number of carbonyl (C=O) groups excluding carboxylic acids is 1. The zero-order valence-corrected chi connectivity index (χ0v) is 13.2. The van der Waals surface area contributed by atoms with Gasteiger partial charge in [-0.1, -0.05) is 29.8 Å². The van der Waals surface area contributed by atoms with E-state index in [0.29, 0.717) is 16.6 Å². The van der Waals surface area contributed by atoms with E-state index in [-0.39, 0.29) is 12.5 Å². The van der Waals surface area contributed by atoms with Crippen molar-refractivity contribution in [2.75, 3.05) is 11.9 Å². The zero-order valence-electron chi connectivity index (χ0n) is 12.4. The van der Waals surface area contributed by atoms with Crippen molar-refractivity contribution in [2.24, 2.45) is 0 Å². The zero-order chi connectivity index (χ0) is 16.2. The maximum absolute atomic E-state index is 12.0. The summed E-state index contributed by atoms with van der Waals surface area (Å²) in [6.07, 6.45) is 1.41. The van der Waals surface area contributed by atoms with Crippen LogP contribution >= 0.6 is 11.6 Å². The van der Waals surface area contributed by atoms with E-state index in [4.69, 9.17) is 16.3 Å². The molecule has 0 atom stereocenters. The summed E-state index contributed by atoms with van der Waals surface area (Å²) in [6.45, 7) is 1.77. The van der Waals surface area contributed by atoms with Gasteiger partial charge in [-0.25, -0.2) is 9.97 Å². The van der Waals surface area contributed by atoms with Crippen molar-refractivity contribution in [1.29, 1.82) is 0 Å². The minimum absolute atomic E-state index is 0.161. The molecule has 3 rings (SSSR count). The van der Waals surface area contributed by atoms with Crippen LogP contribution in [-0.4, -0.2) is 22.5 Å². The summed E-state index contributed by atoms with van der Waals surface area (Å²) in [6, 6.07) is 12.9. The summed E-state index contributed by atoms with van der Waals surface area (Å²) in [4.78, 5) is 20.2. The van der Waals surface area contributed by atoms with Crippen LogP contribution in [-0.2, 0) is 4.79 Å². The molecule has 1 heterocycles. The van der Waals surface area contributed by atoms with Crippen LogP contribution in [0.1, 0.15) is 5.56 Å². The second kappa shape index (κ2) is 6.62. The van der Waals surface area contributed by atoms with Gasteiger partial charge in [-0.15, -0.1) is 0 Å². The van der Waals surface area contributed by atoms with Crippen molar-refractivity contribution < 1.29 is 9.53 Å². The summed E-state index contributed by atoms with van der Waals surface area (Å²) >= 11 is 6.09. The lowest BCUT2D eigenvalue weighted by atomic mass is 10.2. The minimum atomic E-state index is -0.307. The number of hydrogen-bond acceptors (Lipinski definition) is 4. The number of carbonyl (C=O) groups is 1. The van der Waals surface area contributed by atoms with Gasteiger partial charge in [0.05, 0.1) is 21.6 Å². The number of halogens is 1. The topological polar surface area (TPSA) is 64.1 Å². The van der Waals surface area contributed by atoms with Crippen LogP contribution in [0.5, 0.6) is 5.88 Å². The average molecular weight is 328 g/mol. The van der Waals surface area contributed by atoms with Crippen LogP contribution in [0.2, 0.25) is 5.02 Å². The molecule has 0 aliphatic rings. The molecule has 3 aromatic rings. The number of amides is 1. The second-order valence-electron chi connectivity index (χ2n) is 5.02. The van der Waals surface area contributed by atoms with Gasteiger partial charge in [0.15, 0.2) is 6.61 Å². The maximum Gasteiger partial charge on any atom is 0.262 e. The standard InChI is InChI=1S/C17H14ClN3O2/c1-11-6-7-15(13(18)8-11)21-16(22)9-23-17-12-4-2-3-5-14(12)19-10-20-17/h2-8,10H,9H2,1H3,(H,21,22). The number of nitrogens with zero attached hydrogens (tertiary/aromatic N) is 2. The van der Waals surface area contributed by atoms with E-state index < -0.39 is 0 Å². The highest BCUT2D eigenvalue weighted by Crippen LogP contribution is 2.23. The molecule has 1 N–H and O–H groups in total. The first-order chi connectivity index (χ1) is 11.1. The lowest BCUT2D eigenvalue weighted by molar-refractivity contribution is -0.118. The summed E-state index contributed by atoms with van der Waals surface area (Å²) in [5.41, 5.74) is 2.34. The van der Waals surface area contributed by atoms with Crippen molar-refractivity contribution in [3.05, 3.63) is 59.4 Å². The highest BCUT2D eigenvalue weighted by atomic mass is 35.5. The fraction of sp³-hybridized carbons (Fsp3) is 0.118. The fourth-order valence-corrected chi connectivity index (χ4v) is 2.42. The van der Waals surface area contributed by atoms with Crippen LogP contribution in [0, 0.1) is 6.92 Å². The molecular formula is C17H14ClN3O2. The Morgan fingerprint density at radius 3 is 2.87 bits per heavy atom. The number of ether oxygens (including phenoxy) is 1. The first kappa shape index (κ1) is 15.2. The predicted octanol–water partition coefficient (Wildman–Crippen LogP) is 3.61. The summed E-state index contributed by atoms with van der Waals surface area (Å²) in [5, 5.41) is 3.97. The quantitative estimate of drug-likeness (QED) is 0.795. The molecule has 5 nitrogen and oxygen atoms in total. The molecule has 6 heteroatoms. The van der Waals surface area contributed by atoms with E-state index >= 15 is 0 Å². The number of benzene rings is 2. The molecule has 0 aliphatic heterocycles. The van der Waals surface area contributed by atoms with Crippen molar-refractivity contribution in [3.63, 3.8) is 0 Å². The summed E-state index contributed by atoms with van der Waals surface area (Å²) in [7, 11) is 0. The van der Waals surface area contributed by atoms with E-state index in [1.165, 1.54) is 6.33 Å². The Bertz CT molecular complexity index is 862. The Labute approximate surface area is 138 Å². The first-order valence-electron chi connectivity index (χ1n) is 7.02. The van der Waals surface area contributed by atoms with Crippen LogP contribution in [0.3, 0.4) is 0 Å². The van der Waals surface area contributed by atoms with Gasteiger partial charge >= 0.3 is 0 Å². The summed E-state index contributed by atoms with van der Waals surface area (Å²) in [5.74, 6) is 0.0687. The Kier molecular flexibility index (Phi) is 4.39. The average Bonchev–Trinajstić information content (AvgIpc) is 2.55. The number of aromatic nitrogens is 2. The van der Waals surface area contributed by atoms with Crippen molar-refractivity contribution in [2.45, 2.75) is 6.92 Å². The van der Waals surface area contributed by atoms with Gasteiger partial charge in [0.1, 0.15) is 6.33 Å². The number of hydrogen-bond donors (Lipinski definition) is 1. The Morgan fingerprint density at radius 1 is 1.22 bits per heavy atom. The molecule has 0 spiro atoms. The normalized spacial score (nSPS) is 10.5. The maximum atomic E-state index is 12.0. The number of fused-ring (bicyclic) bond motifs is 1. The molecule has 0 fully saturated rings. The second-order valence-corrected chi connectivity index (χ2v) is 5.42. The Hall–Kier alpha value is -2.66. The number of aryl methyl sites for hydroxylation is 1. The van der Waals surface area contributed by atoms with E-state index in [9.17, 15) is 4.79 Å². The third-order valence-corrected chi connectivity index (χ3v) is 3.56.